The molecule has 196 valence electrons. The standard InChI is InChI=1S/C29H28FN7.C2H2/c1-4-6-18(2)35-23-12-21(15-32-16-23)25-13-20(26(31-3)17-34-25)14-27-36-24-9-10-33-28(29(24)37-27)19-7-5-8-22(30)11-19;1-2/h5,7-13,15-17,31,35H,2,4,6,14H2,1,3H3,(H,36,37);1-2H. The first-order valence-electron chi connectivity index (χ1n) is 12.5. The van der Waals surface area contributed by atoms with E-state index < -0.39 is 0 Å². The summed E-state index contributed by atoms with van der Waals surface area (Å²) < 4.78 is 13.8. The highest BCUT2D eigenvalue weighted by Crippen LogP contribution is 2.29. The first-order valence-corrected chi connectivity index (χ1v) is 12.5. The third-order valence-electron chi connectivity index (χ3n) is 6.07. The van der Waals surface area contributed by atoms with Gasteiger partial charge in [-0.2, -0.15) is 0 Å². The number of nitrogens with one attached hydrogen (secondary N) is 3. The molecule has 0 aliphatic heterocycles. The number of aromatic amines is 1. The van der Waals surface area contributed by atoms with Gasteiger partial charge in [-0.05, 0) is 42.3 Å². The van der Waals surface area contributed by atoms with Crippen LogP contribution in [0.5, 0.6) is 0 Å². The van der Waals surface area contributed by atoms with Crippen LogP contribution >= 0.6 is 0 Å². The second-order valence-corrected chi connectivity index (χ2v) is 8.84. The molecule has 0 radical (unpaired) electrons. The van der Waals surface area contributed by atoms with Gasteiger partial charge < -0.3 is 15.6 Å². The van der Waals surface area contributed by atoms with Crippen molar-refractivity contribution in [2.75, 3.05) is 17.7 Å². The van der Waals surface area contributed by atoms with E-state index in [1.165, 1.54) is 12.1 Å². The van der Waals surface area contributed by atoms with Crippen molar-refractivity contribution >= 4 is 22.4 Å². The average Bonchev–Trinajstić information content (AvgIpc) is 3.37. The summed E-state index contributed by atoms with van der Waals surface area (Å²) in [5.74, 6) is 0.470. The van der Waals surface area contributed by atoms with Gasteiger partial charge in [-0.15, -0.1) is 12.8 Å². The van der Waals surface area contributed by atoms with Crippen LogP contribution in [0.25, 0.3) is 33.5 Å². The Morgan fingerprint density at radius 1 is 1.05 bits per heavy atom. The van der Waals surface area contributed by atoms with E-state index in [2.05, 4.69) is 56.9 Å². The molecular weight excluding hydrogens is 489 g/mol. The van der Waals surface area contributed by atoms with Crippen molar-refractivity contribution in [3.8, 4) is 35.4 Å². The van der Waals surface area contributed by atoms with E-state index in [1.54, 1.807) is 24.7 Å². The summed E-state index contributed by atoms with van der Waals surface area (Å²) in [6, 6.07) is 12.4. The van der Waals surface area contributed by atoms with E-state index in [0.29, 0.717) is 23.2 Å². The highest BCUT2D eigenvalue weighted by molar-refractivity contribution is 5.89. The van der Waals surface area contributed by atoms with Crippen molar-refractivity contribution in [1.82, 2.24) is 24.9 Å². The van der Waals surface area contributed by atoms with Gasteiger partial charge in [-0.25, -0.2) is 9.37 Å². The summed E-state index contributed by atoms with van der Waals surface area (Å²) in [6.07, 6.45) is 17.6. The zero-order valence-electron chi connectivity index (χ0n) is 22.0. The van der Waals surface area contributed by atoms with Gasteiger partial charge in [0.2, 0.25) is 0 Å². The van der Waals surface area contributed by atoms with Crippen molar-refractivity contribution in [3.63, 3.8) is 0 Å². The number of fused-ring (bicyclic) bond motifs is 1. The molecule has 8 heteroatoms. The van der Waals surface area contributed by atoms with Gasteiger partial charge in [0.1, 0.15) is 17.2 Å². The maximum absolute atomic E-state index is 13.8. The molecule has 0 atom stereocenters. The lowest BCUT2D eigenvalue weighted by atomic mass is 10.1. The third-order valence-corrected chi connectivity index (χ3v) is 6.07. The minimum Gasteiger partial charge on any atom is -0.387 e. The van der Waals surface area contributed by atoms with Crippen LogP contribution in [-0.2, 0) is 6.42 Å². The summed E-state index contributed by atoms with van der Waals surface area (Å²) in [5, 5.41) is 6.55. The molecule has 0 unspecified atom stereocenters. The number of imidazole rings is 1. The largest absolute Gasteiger partial charge is 0.387 e. The van der Waals surface area contributed by atoms with Crippen molar-refractivity contribution in [1.29, 1.82) is 0 Å². The third kappa shape index (κ3) is 6.28. The van der Waals surface area contributed by atoms with Crippen LogP contribution in [0.1, 0.15) is 31.2 Å². The number of halogens is 1. The van der Waals surface area contributed by atoms with Crippen LogP contribution in [-0.4, -0.2) is 32.0 Å². The van der Waals surface area contributed by atoms with E-state index >= 15 is 0 Å². The number of aromatic nitrogens is 5. The Kier molecular flexibility index (Phi) is 8.64. The number of nitrogens with zero attached hydrogens (tertiary/aromatic N) is 4. The predicted octanol–water partition coefficient (Wildman–Crippen LogP) is 6.83. The van der Waals surface area contributed by atoms with Crippen LogP contribution in [0.15, 0.2) is 79.5 Å². The fourth-order valence-electron chi connectivity index (χ4n) is 4.34. The zero-order chi connectivity index (χ0) is 27.8. The Bertz CT molecular complexity index is 1620. The lowest BCUT2D eigenvalue weighted by Gasteiger charge is -2.12. The molecule has 4 heterocycles. The van der Waals surface area contributed by atoms with Crippen molar-refractivity contribution in [3.05, 3.63) is 96.7 Å². The summed E-state index contributed by atoms with van der Waals surface area (Å²) in [6.45, 7) is 6.20. The lowest BCUT2D eigenvalue weighted by Crippen LogP contribution is -2.01. The quantitative estimate of drug-likeness (QED) is 0.185. The zero-order valence-corrected chi connectivity index (χ0v) is 22.0. The van der Waals surface area contributed by atoms with Crippen LogP contribution in [0.4, 0.5) is 15.8 Å². The predicted molar refractivity (Wildman–Crippen MR) is 157 cm³/mol. The number of hydrogen-bond acceptors (Lipinski definition) is 6. The fourth-order valence-corrected chi connectivity index (χ4v) is 4.34. The Morgan fingerprint density at radius 2 is 1.90 bits per heavy atom. The molecule has 0 saturated carbocycles. The van der Waals surface area contributed by atoms with Crippen LogP contribution in [0.3, 0.4) is 0 Å². The smallest absolute Gasteiger partial charge is 0.123 e. The molecule has 0 fully saturated rings. The number of benzene rings is 1. The molecule has 5 aromatic rings. The Hall–Kier alpha value is -5.03. The van der Waals surface area contributed by atoms with Gasteiger partial charge in [0.15, 0.2) is 0 Å². The summed E-state index contributed by atoms with van der Waals surface area (Å²) in [7, 11) is 1.87. The average molecular weight is 520 g/mol. The number of hydrogen-bond donors (Lipinski definition) is 3. The van der Waals surface area contributed by atoms with E-state index in [9.17, 15) is 4.39 Å². The molecule has 0 spiro atoms. The molecule has 7 nitrogen and oxygen atoms in total. The molecule has 1 aromatic carbocycles. The van der Waals surface area contributed by atoms with Gasteiger partial charge >= 0.3 is 0 Å². The fraction of sp³-hybridized carbons (Fsp3) is 0.161. The molecule has 3 N–H and O–H groups in total. The van der Waals surface area contributed by atoms with Crippen molar-refractivity contribution < 1.29 is 4.39 Å². The van der Waals surface area contributed by atoms with Gasteiger partial charge in [0.25, 0.3) is 0 Å². The number of terminal acetylenes is 1. The van der Waals surface area contributed by atoms with E-state index in [1.807, 2.05) is 37.5 Å². The molecule has 0 aliphatic carbocycles. The molecular formula is C31H30FN7. The minimum absolute atomic E-state index is 0.307. The molecule has 0 bridgehead atoms. The topological polar surface area (TPSA) is 91.4 Å². The van der Waals surface area contributed by atoms with Crippen molar-refractivity contribution in [2.45, 2.75) is 26.2 Å². The SMILES string of the molecule is C#C.C=C(CCC)Nc1cncc(-c2cc(Cc3nc4c(-c5cccc(F)c5)nccc4[nH]3)c(NC)cn2)c1. The molecule has 39 heavy (non-hydrogen) atoms. The first kappa shape index (κ1) is 27.0. The molecule has 4 aromatic heterocycles. The number of rotatable bonds is 9. The maximum Gasteiger partial charge on any atom is 0.123 e. The second-order valence-electron chi connectivity index (χ2n) is 8.84. The summed E-state index contributed by atoms with van der Waals surface area (Å²) in [4.78, 5) is 21.8. The lowest BCUT2D eigenvalue weighted by molar-refractivity contribution is 0.628. The number of allylic oxidation sites excluding steroid dienone is 1. The highest BCUT2D eigenvalue weighted by atomic mass is 19.1. The molecule has 0 saturated heterocycles. The van der Waals surface area contributed by atoms with E-state index in [-0.39, 0.29) is 5.82 Å². The monoisotopic (exact) mass is 519 g/mol. The molecule has 0 amide bonds. The summed E-state index contributed by atoms with van der Waals surface area (Å²) >= 11 is 0. The first-order chi connectivity index (χ1) is 19.0. The minimum atomic E-state index is -0.307. The van der Waals surface area contributed by atoms with E-state index in [4.69, 9.17) is 4.98 Å². The van der Waals surface area contributed by atoms with Gasteiger partial charge in [0.05, 0.1) is 40.7 Å². The number of pyridine rings is 3. The maximum atomic E-state index is 13.8. The normalized spacial score (nSPS) is 10.5. The van der Waals surface area contributed by atoms with Gasteiger partial charge in [-0.1, -0.05) is 32.1 Å². The Balaban J connectivity index is 0.00000172. The van der Waals surface area contributed by atoms with Gasteiger partial charge in [0, 0.05) is 42.7 Å². The van der Waals surface area contributed by atoms with E-state index in [0.717, 1.165) is 58.1 Å². The van der Waals surface area contributed by atoms with Crippen LogP contribution < -0.4 is 10.6 Å². The van der Waals surface area contributed by atoms with Crippen LogP contribution in [0, 0.1) is 18.7 Å². The number of anilines is 2. The van der Waals surface area contributed by atoms with Crippen molar-refractivity contribution in [2.24, 2.45) is 0 Å². The summed E-state index contributed by atoms with van der Waals surface area (Å²) in [5.41, 5.74) is 8.37. The van der Waals surface area contributed by atoms with Gasteiger partial charge in [-0.3, -0.25) is 15.0 Å². The number of H-pyrrole nitrogens is 1. The Labute approximate surface area is 227 Å². The second kappa shape index (κ2) is 12.5. The highest BCUT2D eigenvalue weighted by Gasteiger charge is 2.14. The van der Waals surface area contributed by atoms with Crippen LogP contribution in [0.2, 0.25) is 0 Å². The molecule has 0 aliphatic rings. The molecule has 5 rings (SSSR count). The Morgan fingerprint density at radius 3 is 2.67 bits per heavy atom.